The van der Waals surface area contributed by atoms with Gasteiger partial charge in [0.2, 0.25) is 0 Å². The second kappa shape index (κ2) is 30.5. The summed E-state index contributed by atoms with van der Waals surface area (Å²) in [4.78, 5) is 11.8. The normalized spacial score (nSPS) is 11.2. The molecule has 2 nitrogen and oxygen atoms in total. The van der Waals surface area contributed by atoms with E-state index in [4.69, 9.17) is 4.74 Å². The second-order valence-electron chi connectivity index (χ2n) is 10.8. The van der Waals surface area contributed by atoms with Gasteiger partial charge in [0.05, 0.1) is 6.61 Å². The minimum atomic E-state index is 0.0231. The number of esters is 1. The van der Waals surface area contributed by atoms with Crippen molar-refractivity contribution in [2.75, 3.05) is 6.61 Å². The van der Waals surface area contributed by atoms with E-state index in [1.54, 1.807) is 0 Å². The number of hydrogen-bond acceptors (Lipinski definition) is 2. The highest BCUT2D eigenvalue weighted by molar-refractivity contribution is 5.69. The Kier molecular flexibility index (Phi) is 30.0. The lowest BCUT2D eigenvalue weighted by Gasteiger charge is -2.05. The van der Waals surface area contributed by atoms with Crippen molar-refractivity contribution < 1.29 is 9.53 Å². The molecule has 0 unspecified atom stereocenters. The van der Waals surface area contributed by atoms with Crippen LogP contribution in [0.1, 0.15) is 194 Å². The predicted molar refractivity (Wildman–Crippen MR) is 152 cm³/mol. The van der Waals surface area contributed by atoms with Crippen molar-refractivity contribution in [1.82, 2.24) is 0 Å². The Morgan fingerprint density at radius 2 is 0.647 bits per heavy atom. The Labute approximate surface area is 215 Å². The van der Waals surface area contributed by atoms with Gasteiger partial charge in [0.15, 0.2) is 0 Å². The minimum absolute atomic E-state index is 0.0231. The van der Waals surface area contributed by atoms with Crippen molar-refractivity contribution >= 4 is 5.97 Å². The monoisotopic (exact) mass is 480 g/mol. The third-order valence-electron chi connectivity index (χ3n) is 7.25. The molecule has 0 amide bonds. The molecule has 0 atom stereocenters. The molecule has 204 valence electrons. The quantitative estimate of drug-likeness (QED) is 0.0785. The first-order valence-corrected chi connectivity index (χ1v) is 16.0. The summed E-state index contributed by atoms with van der Waals surface area (Å²) in [5.74, 6) is 0.0231. The lowest BCUT2D eigenvalue weighted by atomic mass is 10.0. The zero-order valence-electron chi connectivity index (χ0n) is 23.8. The lowest BCUT2D eigenvalue weighted by Crippen LogP contribution is -2.05. The Bertz CT molecular complexity index is 379. The number of hydrogen-bond donors (Lipinski definition) is 0. The van der Waals surface area contributed by atoms with Crippen molar-refractivity contribution in [1.29, 1.82) is 0 Å². The van der Waals surface area contributed by atoms with E-state index in [9.17, 15) is 4.79 Å². The molecule has 0 rings (SSSR count). The van der Waals surface area contributed by atoms with Gasteiger partial charge in [0.1, 0.15) is 0 Å². The number of rotatable bonds is 29. The number of carbonyl (C=O) groups excluding carboxylic acids is 1. The van der Waals surface area contributed by atoms with E-state index in [-0.39, 0.29) is 5.97 Å². The fourth-order valence-corrected chi connectivity index (χ4v) is 4.84. The maximum absolute atomic E-state index is 11.8. The van der Waals surface area contributed by atoms with E-state index in [1.807, 2.05) is 0 Å². The number of unbranched alkanes of at least 4 members (excludes halogenated alkanes) is 25. The highest BCUT2D eigenvalue weighted by Gasteiger charge is 2.02. The molecule has 0 saturated carbocycles. The zero-order valence-corrected chi connectivity index (χ0v) is 23.8. The van der Waals surface area contributed by atoms with E-state index in [1.165, 1.54) is 161 Å². The van der Waals surface area contributed by atoms with E-state index in [0.29, 0.717) is 13.0 Å². The molecule has 0 radical (unpaired) electrons. The molecule has 0 aromatic carbocycles. The van der Waals surface area contributed by atoms with Crippen LogP contribution in [-0.2, 0) is 9.53 Å². The van der Waals surface area contributed by atoms with Gasteiger partial charge < -0.3 is 4.74 Å². The Morgan fingerprint density at radius 1 is 0.382 bits per heavy atom. The molecule has 0 aromatic rings. The Hall–Kier alpha value is -0.530. The molecule has 0 aliphatic heterocycles. The SMILES string of the molecule is CCCCCCCCCCCCCCCCCCCCCC(=O)OCCCCCCCCCC. The van der Waals surface area contributed by atoms with E-state index in [0.717, 1.165) is 12.8 Å². The van der Waals surface area contributed by atoms with Gasteiger partial charge in [0.25, 0.3) is 0 Å². The van der Waals surface area contributed by atoms with Gasteiger partial charge in [-0.2, -0.15) is 0 Å². The third-order valence-corrected chi connectivity index (χ3v) is 7.25. The van der Waals surface area contributed by atoms with Crippen LogP contribution in [0.4, 0.5) is 0 Å². The number of ether oxygens (including phenoxy) is 1. The van der Waals surface area contributed by atoms with Gasteiger partial charge in [0, 0.05) is 6.42 Å². The molecule has 0 fully saturated rings. The summed E-state index contributed by atoms with van der Waals surface area (Å²) in [6.45, 7) is 5.19. The van der Waals surface area contributed by atoms with Crippen molar-refractivity contribution in [3.8, 4) is 0 Å². The van der Waals surface area contributed by atoms with Crippen LogP contribution in [0.15, 0.2) is 0 Å². The highest BCUT2D eigenvalue weighted by atomic mass is 16.5. The van der Waals surface area contributed by atoms with E-state index >= 15 is 0 Å². The van der Waals surface area contributed by atoms with Gasteiger partial charge in [-0.3, -0.25) is 4.79 Å². The van der Waals surface area contributed by atoms with Gasteiger partial charge in [-0.25, -0.2) is 0 Å². The summed E-state index contributed by atoms with van der Waals surface area (Å²) in [5, 5.41) is 0. The van der Waals surface area contributed by atoms with Crippen LogP contribution in [0, 0.1) is 0 Å². The molecular weight excluding hydrogens is 416 g/mol. The fourth-order valence-electron chi connectivity index (χ4n) is 4.84. The minimum Gasteiger partial charge on any atom is -0.466 e. The Morgan fingerprint density at radius 3 is 0.971 bits per heavy atom. The van der Waals surface area contributed by atoms with Gasteiger partial charge in [-0.15, -0.1) is 0 Å². The molecule has 0 aliphatic carbocycles. The molecule has 0 N–H and O–H groups in total. The molecule has 2 heteroatoms. The molecule has 34 heavy (non-hydrogen) atoms. The predicted octanol–water partition coefficient (Wildman–Crippen LogP) is 11.5. The summed E-state index contributed by atoms with van der Waals surface area (Å²) < 4.78 is 5.39. The third kappa shape index (κ3) is 29.5. The van der Waals surface area contributed by atoms with Crippen LogP contribution in [-0.4, -0.2) is 12.6 Å². The molecular formula is C32H64O2. The average Bonchev–Trinajstić information content (AvgIpc) is 2.84. The molecule has 0 heterocycles. The summed E-state index contributed by atoms with van der Waals surface area (Å²) in [5.41, 5.74) is 0. The molecule has 0 bridgehead atoms. The summed E-state index contributed by atoms with van der Waals surface area (Å²) in [6.07, 6.45) is 37.3. The van der Waals surface area contributed by atoms with Gasteiger partial charge in [-0.1, -0.05) is 174 Å². The molecule has 0 aromatic heterocycles. The van der Waals surface area contributed by atoms with E-state index < -0.39 is 0 Å². The molecule has 0 aliphatic rings. The van der Waals surface area contributed by atoms with Crippen molar-refractivity contribution in [3.63, 3.8) is 0 Å². The topological polar surface area (TPSA) is 26.3 Å². The highest BCUT2D eigenvalue weighted by Crippen LogP contribution is 2.15. The van der Waals surface area contributed by atoms with Crippen LogP contribution in [0.3, 0.4) is 0 Å². The van der Waals surface area contributed by atoms with Crippen LogP contribution in [0.2, 0.25) is 0 Å². The van der Waals surface area contributed by atoms with Crippen LogP contribution < -0.4 is 0 Å². The van der Waals surface area contributed by atoms with Crippen molar-refractivity contribution in [2.45, 2.75) is 194 Å². The van der Waals surface area contributed by atoms with Crippen molar-refractivity contribution in [3.05, 3.63) is 0 Å². The molecule has 0 saturated heterocycles. The summed E-state index contributed by atoms with van der Waals surface area (Å²) in [6, 6.07) is 0. The first-order valence-electron chi connectivity index (χ1n) is 16.0. The largest absolute Gasteiger partial charge is 0.466 e. The Balaban J connectivity index is 3.12. The van der Waals surface area contributed by atoms with Crippen molar-refractivity contribution in [2.24, 2.45) is 0 Å². The van der Waals surface area contributed by atoms with Gasteiger partial charge >= 0.3 is 5.97 Å². The maximum atomic E-state index is 11.8. The van der Waals surface area contributed by atoms with Gasteiger partial charge in [-0.05, 0) is 12.8 Å². The maximum Gasteiger partial charge on any atom is 0.305 e. The molecule has 0 spiro atoms. The van der Waals surface area contributed by atoms with Crippen LogP contribution in [0.25, 0.3) is 0 Å². The van der Waals surface area contributed by atoms with Crippen LogP contribution in [0.5, 0.6) is 0 Å². The zero-order chi connectivity index (χ0) is 24.8. The second-order valence-corrected chi connectivity index (χ2v) is 10.8. The van der Waals surface area contributed by atoms with E-state index in [2.05, 4.69) is 13.8 Å². The summed E-state index contributed by atoms with van der Waals surface area (Å²) in [7, 11) is 0. The standard InChI is InChI=1S/C32H64O2/c1-3-5-7-9-11-13-14-15-16-17-18-19-20-21-22-23-24-26-28-30-32(33)34-31-29-27-25-12-10-8-6-4-2/h3-31H2,1-2H3. The van der Waals surface area contributed by atoms with Crippen LogP contribution >= 0.6 is 0 Å². The summed E-state index contributed by atoms with van der Waals surface area (Å²) >= 11 is 0. The lowest BCUT2D eigenvalue weighted by molar-refractivity contribution is -0.143. The first kappa shape index (κ1) is 33.5. The smallest absolute Gasteiger partial charge is 0.305 e. The number of carbonyl (C=O) groups is 1. The fraction of sp³-hybridized carbons (Fsp3) is 0.969. The first-order chi connectivity index (χ1) is 16.8. The average molecular weight is 481 g/mol.